The number of benzene rings is 1. The highest BCUT2D eigenvalue weighted by atomic mass is 19.1. The number of aliphatic hydroxyl groups is 2. The Morgan fingerprint density at radius 2 is 2.06 bits per heavy atom. The number of aliphatic hydroxyl groups excluding tert-OH is 2. The zero-order chi connectivity index (χ0) is 13.7. The van der Waals surface area contributed by atoms with Crippen molar-refractivity contribution in [1.29, 1.82) is 0 Å². The third-order valence-corrected chi connectivity index (χ3v) is 2.48. The number of nitrogens with zero attached hydrogens (tertiary/aromatic N) is 3. The largest absolute Gasteiger partial charge is 0.397 e. The first kappa shape index (κ1) is 14.0. The van der Waals surface area contributed by atoms with Crippen molar-refractivity contribution >= 4 is 11.4 Å². The number of nitrogen functional groups attached to an aromatic ring is 2. The third-order valence-electron chi connectivity index (χ3n) is 2.48. The van der Waals surface area contributed by atoms with Crippen LogP contribution in [0.1, 0.15) is 18.1 Å². The van der Waals surface area contributed by atoms with Crippen molar-refractivity contribution in [2.45, 2.75) is 18.6 Å². The summed E-state index contributed by atoms with van der Waals surface area (Å²) in [6.07, 6.45) is -2.59. The predicted octanol–water partition coefficient (Wildman–Crippen LogP) is 1.08. The van der Waals surface area contributed by atoms with Gasteiger partial charge in [-0.05, 0) is 24.1 Å². The SMILES string of the molecule is [N-]=[N+]=NCCC(O)C(O)c1cc(F)cc(N)c1N. The van der Waals surface area contributed by atoms with Gasteiger partial charge in [-0.2, -0.15) is 0 Å². The second kappa shape index (κ2) is 6.06. The minimum Gasteiger partial charge on any atom is -0.397 e. The molecule has 0 aliphatic rings. The lowest BCUT2D eigenvalue weighted by atomic mass is 9.99. The lowest BCUT2D eigenvalue weighted by Crippen LogP contribution is -2.21. The Balaban J connectivity index is 2.89. The highest BCUT2D eigenvalue weighted by Gasteiger charge is 2.21. The van der Waals surface area contributed by atoms with Crippen LogP contribution in [0.5, 0.6) is 0 Å². The van der Waals surface area contributed by atoms with Crippen molar-refractivity contribution < 1.29 is 14.6 Å². The molecule has 0 amide bonds. The van der Waals surface area contributed by atoms with Gasteiger partial charge in [0.15, 0.2) is 0 Å². The molecule has 1 aromatic rings. The van der Waals surface area contributed by atoms with E-state index in [1.54, 1.807) is 0 Å². The third kappa shape index (κ3) is 3.24. The van der Waals surface area contributed by atoms with Gasteiger partial charge in [0.1, 0.15) is 11.9 Å². The molecule has 8 heteroatoms. The fourth-order valence-electron chi connectivity index (χ4n) is 1.51. The maximum absolute atomic E-state index is 13.1. The number of hydrogen-bond donors (Lipinski definition) is 4. The number of anilines is 2. The van der Waals surface area contributed by atoms with Crippen LogP contribution in [-0.4, -0.2) is 22.9 Å². The highest BCUT2D eigenvalue weighted by molar-refractivity contribution is 5.68. The van der Waals surface area contributed by atoms with Crippen LogP contribution in [0, 0.1) is 5.82 Å². The van der Waals surface area contributed by atoms with Crippen LogP contribution in [0.25, 0.3) is 10.4 Å². The van der Waals surface area contributed by atoms with Crippen molar-refractivity contribution in [3.8, 4) is 0 Å². The van der Waals surface area contributed by atoms with E-state index in [0.29, 0.717) is 0 Å². The molecule has 2 atom stereocenters. The van der Waals surface area contributed by atoms with Crippen LogP contribution in [-0.2, 0) is 0 Å². The lowest BCUT2D eigenvalue weighted by Gasteiger charge is -2.19. The van der Waals surface area contributed by atoms with E-state index in [9.17, 15) is 14.6 Å². The van der Waals surface area contributed by atoms with Crippen LogP contribution in [0.2, 0.25) is 0 Å². The fraction of sp³-hybridized carbons (Fsp3) is 0.400. The minimum atomic E-state index is -1.39. The van der Waals surface area contributed by atoms with Gasteiger partial charge in [-0.25, -0.2) is 4.39 Å². The molecule has 0 spiro atoms. The Labute approximate surface area is 102 Å². The first-order valence-corrected chi connectivity index (χ1v) is 5.18. The number of nitrogens with two attached hydrogens (primary N) is 2. The normalized spacial score (nSPS) is 13.7. The summed E-state index contributed by atoms with van der Waals surface area (Å²) in [7, 11) is 0. The van der Waals surface area contributed by atoms with Gasteiger partial charge in [0, 0.05) is 17.0 Å². The Hall–Kier alpha value is -2.02. The number of azide groups is 1. The Bertz CT molecular complexity index is 476. The molecule has 1 aromatic carbocycles. The van der Waals surface area contributed by atoms with Crippen molar-refractivity contribution in [1.82, 2.24) is 0 Å². The molecule has 2 unspecified atom stereocenters. The molecule has 0 saturated carbocycles. The summed E-state index contributed by atoms with van der Waals surface area (Å²) >= 11 is 0. The van der Waals surface area contributed by atoms with Crippen LogP contribution in [0.3, 0.4) is 0 Å². The van der Waals surface area contributed by atoms with Crippen LogP contribution in [0.15, 0.2) is 17.2 Å². The smallest absolute Gasteiger partial charge is 0.125 e. The molecule has 7 nitrogen and oxygen atoms in total. The average Bonchev–Trinajstić information content (AvgIpc) is 2.33. The first-order chi connectivity index (χ1) is 8.47. The Morgan fingerprint density at radius 1 is 1.39 bits per heavy atom. The topological polar surface area (TPSA) is 141 Å². The summed E-state index contributed by atoms with van der Waals surface area (Å²) in [5.41, 5.74) is 19.2. The molecule has 6 N–H and O–H groups in total. The Morgan fingerprint density at radius 3 is 2.67 bits per heavy atom. The standard InChI is InChI=1S/C10H14FN5O2/c11-5-3-6(9(13)7(12)4-5)10(18)8(17)1-2-15-16-14/h3-4,8,10,17-18H,1-2,12-13H2. The molecular formula is C10H14FN5O2. The van der Waals surface area contributed by atoms with Crippen LogP contribution >= 0.6 is 0 Å². The zero-order valence-electron chi connectivity index (χ0n) is 9.49. The Kier molecular flexibility index (Phi) is 4.73. The average molecular weight is 255 g/mol. The molecule has 18 heavy (non-hydrogen) atoms. The van der Waals surface area contributed by atoms with E-state index in [4.69, 9.17) is 17.0 Å². The summed E-state index contributed by atoms with van der Waals surface area (Å²) < 4.78 is 13.1. The second-order valence-corrected chi connectivity index (χ2v) is 3.75. The molecule has 0 aliphatic carbocycles. The highest BCUT2D eigenvalue weighted by Crippen LogP contribution is 2.29. The van der Waals surface area contributed by atoms with Crippen molar-refractivity contribution in [2.75, 3.05) is 18.0 Å². The van der Waals surface area contributed by atoms with E-state index in [2.05, 4.69) is 10.0 Å². The monoisotopic (exact) mass is 255 g/mol. The number of hydrogen-bond acceptors (Lipinski definition) is 5. The van der Waals surface area contributed by atoms with E-state index in [0.717, 1.165) is 12.1 Å². The van der Waals surface area contributed by atoms with E-state index in [1.165, 1.54) is 0 Å². The molecule has 0 fully saturated rings. The van der Waals surface area contributed by atoms with Gasteiger partial charge < -0.3 is 21.7 Å². The molecule has 0 bridgehead atoms. The summed E-state index contributed by atoms with van der Waals surface area (Å²) in [5.74, 6) is -0.655. The predicted molar refractivity (Wildman–Crippen MR) is 64.8 cm³/mol. The fourth-order valence-corrected chi connectivity index (χ4v) is 1.51. The number of rotatable bonds is 5. The van der Waals surface area contributed by atoms with Gasteiger partial charge in [-0.3, -0.25) is 0 Å². The molecule has 0 heterocycles. The molecular weight excluding hydrogens is 241 g/mol. The second-order valence-electron chi connectivity index (χ2n) is 3.75. The lowest BCUT2D eigenvalue weighted by molar-refractivity contribution is 0.0153. The summed E-state index contributed by atoms with van der Waals surface area (Å²) in [6, 6.07) is 2.03. The van der Waals surface area contributed by atoms with Gasteiger partial charge in [-0.15, -0.1) is 0 Å². The van der Waals surface area contributed by atoms with E-state index < -0.39 is 18.0 Å². The van der Waals surface area contributed by atoms with Gasteiger partial charge in [0.05, 0.1) is 17.5 Å². The van der Waals surface area contributed by atoms with Gasteiger partial charge in [-0.1, -0.05) is 5.11 Å². The van der Waals surface area contributed by atoms with E-state index in [1.807, 2.05) is 0 Å². The van der Waals surface area contributed by atoms with Crippen molar-refractivity contribution in [3.05, 3.63) is 34.0 Å². The maximum atomic E-state index is 13.1. The van der Waals surface area contributed by atoms with E-state index >= 15 is 0 Å². The van der Waals surface area contributed by atoms with Crippen LogP contribution < -0.4 is 11.5 Å². The maximum Gasteiger partial charge on any atom is 0.125 e. The van der Waals surface area contributed by atoms with Gasteiger partial charge in [0.25, 0.3) is 0 Å². The van der Waals surface area contributed by atoms with Crippen molar-refractivity contribution in [3.63, 3.8) is 0 Å². The molecule has 0 aromatic heterocycles. The van der Waals surface area contributed by atoms with Crippen molar-refractivity contribution in [2.24, 2.45) is 5.11 Å². The molecule has 0 radical (unpaired) electrons. The zero-order valence-corrected chi connectivity index (χ0v) is 9.49. The van der Waals surface area contributed by atoms with Gasteiger partial charge >= 0.3 is 0 Å². The minimum absolute atomic E-state index is 0.00806. The first-order valence-electron chi connectivity index (χ1n) is 5.18. The molecule has 0 saturated heterocycles. The molecule has 0 aliphatic heterocycles. The van der Waals surface area contributed by atoms with Gasteiger partial charge in [0.2, 0.25) is 0 Å². The number of halogens is 1. The molecule has 98 valence electrons. The summed E-state index contributed by atoms with van der Waals surface area (Å²) in [6.45, 7) is 0.0133. The summed E-state index contributed by atoms with van der Waals surface area (Å²) in [5, 5.41) is 22.7. The quantitative estimate of drug-likeness (QED) is 0.270. The molecule has 1 rings (SSSR count). The van der Waals surface area contributed by atoms with Crippen LogP contribution in [0.4, 0.5) is 15.8 Å². The van der Waals surface area contributed by atoms with E-state index in [-0.39, 0.29) is 29.9 Å². The summed E-state index contributed by atoms with van der Waals surface area (Å²) in [4.78, 5) is 2.51.